The lowest BCUT2D eigenvalue weighted by Crippen LogP contribution is -2.66. The third kappa shape index (κ3) is 1.87. The van der Waals surface area contributed by atoms with Gasteiger partial charge < -0.3 is 5.73 Å². The van der Waals surface area contributed by atoms with Crippen molar-refractivity contribution in [1.29, 1.82) is 0 Å². The molecule has 0 spiro atoms. The summed E-state index contributed by atoms with van der Waals surface area (Å²) in [4.78, 5) is 12.2. The number of β-lactam (4-membered cyclic amide) rings is 1. The van der Waals surface area contributed by atoms with Crippen LogP contribution in [0.15, 0.2) is 0 Å². The number of nitrogens with zero attached hydrogens (tertiary/aromatic N) is 1. The highest BCUT2D eigenvalue weighted by Crippen LogP contribution is 2.03. The second kappa shape index (κ2) is 2.41. The van der Waals surface area contributed by atoms with Crippen molar-refractivity contribution in [3.05, 3.63) is 0 Å². The van der Waals surface area contributed by atoms with Gasteiger partial charge in [-0.2, -0.15) is 8.42 Å². The number of carbonyl (C=O) groups is 1. The third-order valence-corrected chi connectivity index (χ3v) is 1.64. The van der Waals surface area contributed by atoms with Crippen LogP contribution in [0.1, 0.15) is 0 Å². The van der Waals surface area contributed by atoms with E-state index in [-0.39, 0.29) is 6.54 Å². The molecule has 1 saturated heterocycles. The number of nitrogens with one attached hydrogen (secondary N) is 1. The summed E-state index contributed by atoms with van der Waals surface area (Å²) in [5.74, 6) is -0.553. The van der Waals surface area contributed by atoms with Crippen LogP contribution in [-0.4, -0.2) is 36.5 Å². The number of carbonyl (C=O) groups excluding carboxylic acids is 1. The normalized spacial score (nSPS) is 25.1. The molecule has 1 aliphatic heterocycles. The molecule has 1 unspecified atom stereocenters. The molecule has 1 atom stereocenters. The molecule has 7 nitrogen and oxygen atoms in total. The molecule has 0 bridgehead atoms. The average molecular weight is 181 g/mol. The summed E-state index contributed by atoms with van der Waals surface area (Å²) in [6.07, 6.45) is 0. The molecule has 11 heavy (non-hydrogen) atoms. The molecule has 1 aliphatic rings. The van der Waals surface area contributed by atoms with E-state index in [0.717, 1.165) is 5.01 Å². The summed E-state index contributed by atoms with van der Waals surface area (Å²) in [5.41, 5.74) is 5.12. The Hall–Kier alpha value is -0.700. The highest BCUT2D eigenvalue weighted by atomic mass is 32.2. The Morgan fingerprint density at radius 2 is 2.27 bits per heavy atom. The molecule has 0 saturated carbocycles. The van der Waals surface area contributed by atoms with Gasteiger partial charge in [-0.1, -0.05) is 0 Å². The quantitative estimate of drug-likeness (QED) is 0.321. The van der Waals surface area contributed by atoms with Gasteiger partial charge in [0.25, 0.3) is 5.91 Å². The van der Waals surface area contributed by atoms with Crippen LogP contribution in [0, 0.1) is 0 Å². The molecular formula is C3H7N3O4S. The molecule has 1 heterocycles. The summed E-state index contributed by atoms with van der Waals surface area (Å²) < 4.78 is 28.4. The van der Waals surface area contributed by atoms with Gasteiger partial charge in [-0.3, -0.25) is 14.4 Å². The van der Waals surface area contributed by atoms with Gasteiger partial charge in [0.05, 0.1) is 6.54 Å². The predicted molar refractivity (Wildman–Crippen MR) is 34.4 cm³/mol. The first-order chi connectivity index (χ1) is 4.90. The number of nitrogens with two attached hydrogens (primary N) is 1. The zero-order chi connectivity index (χ0) is 8.65. The molecule has 1 rings (SSSR count). The van der Waals surface area contributed by atoms with Crippen LogP contribution >= 0.6 is 0 Å². The Labute approximate surface area is 63.0 Å². The van der Waals surface area contributed by atoms with Gasteiger partial charge >= 0.3 is 10.3 Å². The summed E-state index contributed by atoms with van der Waals surface area (Å²) in [7, 11) is -4.34. The van der Waals surface area contributed by atoms with Crippen LogP contribution in [0.4, 0.5) is 0 Å². The minimum atomic E-state index is -4.34. The van der Waals surface area contributed by atoms with Crippen LogP contribution in [0.5, 0.6) is 0 Å². The Morgan fingerprint density at radius 1 is 1.73 bits per heavy atom. The first kappa shape index (κ1) is 8.40. The van der Waals surface area contributed by atoms with Gasteiger partial charge in [-0.25, -0.2) is 0 Å². The van der Waals surface area contributed by atoms with E-state index in [2.05, 4.69) is 0 Å². The highest BCUT2D eigenvalue weighted by molar-refractivity contribution is 7.83. The van der Waals surface area contributed by atoms with E-state index in [4.69, 9.17) is 10.3 Å². The van der Waals surface area contributed by atoms with Crippen LogP contribution in [0.25, 0.3) is 0 Å². The first-order valence-corrected chi connectivity index (χ1v) is 4.16. The van der Waals surface area contributed by atoms with Gasteiger partial charge in [-0.05, 0) is 0 Å². The third-order valence-electron chi connectivity index (χ3n) is 1.19. The standard InChI is InChI=1S/C3H7N3O4S/c4-2-1-6(3(2)7)5-11(8,9)10/h2,5H,1,4H2,(H,8,9,10). The fourth-order valence-electron chi connectivity index (χ4n) is 0.674. The molecule has 64 valence electrons. The Kier molecular flexibility index (Phi) is 1.84. The van der Waals surface area contributed by atoms with Crippen molar-refractivity contribution in [2.45, 2.75) is 6.04 Å². The van der Waals surface area contributed by atoms with Crippen LogP contribution in [0.2, 0.25) is 0 Å². The summed E-state index contributed by atoms with van der Waals surface area (Å²) in [6, 6.07) is -0.663. The van der Waals surface area contributed by atoms with Crippen molar-refractivity contribution in [1.82, 2.24) is 9.84 Å². The lowest BCUT2D eigenvalue weighted by atomic mass is 10.2. The SMILES string of the molecule is NC1CN(NS(=O)(=O)O)C1=O. The smallest absolute Gasteiger partial charge is 0.318 e. The maximum Gasteiger partial charge on any atom is 0.350 e. The van der Waals surface area contributed by atoms with E-state index >= 15 is 0 Å². The predicted octanol–water partition coefficient (Wildman–Crippen LogP) is -2.54. The number of amides is 1. The van der Waals surface area contributed by atoms with E-state index in [9.17, 15) is 13.2 Å². The maximum atomic E-state index is 10.6. The van der Waals surface area contributed by atoms with Crippen LogP contribution < -0.4 is 10.6 Å². The molecule has 0 aromatic carbocycles. The van der Waals surface area contributed by atoms with Crippen molar-refractivity contribution in [3.8, 4) is 0 Å². The second-order valence-electron chi connectivity index (χ2n) is 2.12. The van der Waals surface area contributed by atoms with Gasteiger partial charge in [0.2, 0.25) is 0 Å². The van der Waals surface area contributed by atoms with E-state index in [1.807, 2.05) is 0 Å². The zero-order valence-corrected chi connectivity index (χ0v) is 6.21. The van der Waals surface area contributed by atoms with Crippen molar-refractivity contribution in [2.75, 3.05) is 6.54 Å². The van der Waals surface area contributed by atoms with Gasteiger partial charge in [0, 0.05) is 0 Å². The molecule has 1 amide bonds. The molecular weight excluding hydrogens is 174 g/mol. The second-order valence-corrected chi connectivity index (χ2v) is 3.25. The maximum absolute atomic E-state index is 10.6. The highest BCUT2D eigenvalue weighted by Gasteiger charge is 2.35. The monoisotopic (exact) mass is 181 g/mol. The first-order valence-electron chi connectivity index (χ1n) is 2.72. The molecule has 8 heteroatoms. The van der Waals surface area contributed by atoms with Crippen LogP contribution in [-0.2, 0) is 15.1 Å². The van der Waals surface area contributed by atoms with Crippen molar-refractivity contribution in [3.63, 3.8) is 0 Å². The van der Waals surface area contributed by atoms with Gasteiger partial charge in [0.15, 0.2) is 0 Å². The average Bonchev–Trinajstić information content (AvgIpc) is 1.84. The lowest BCUT2D eigenvalue weighted by molar-refractivity contribution is -0.144. The summed E-state index contributed by atoms with van der Waals surface area (Å²) in [5, 5.41) is 0.722. The number of hydrazine groups is 1. The minimum absolute atomic E-state index is 0.0820. The largest absolute Gasteiger partial charge is 0.350 e. The van der Waals surface area contributed by atoms with Crippen molar-refractivity contribution >= 4 is 16.2 Å². The van der Waals surface area contributed by atoms with Gasteiger partial charge in [0.1, 0.15) is 6.04 Å². The van der Waals surface area contributed by atoms with E-state index in [0.29, 0.717) is 0 Å². The van der Waals surface area contributed by atoms with E-state index in [1.54, 1.807) is 4.83 Å². The number of hydrogen-bond donors (Lipinski definition) is 3. The Bertz CT molecular complexity index is 272. The van der Waals surface area contributed by atoms with Crippen molar-refractivity contribution in [2.24, 2.45) is 5.73 Å². The number of rotatable bonds is 2. The molecule has 0 radical (unpaired) electrons. The molecule has 4 N–H and O–H groups in total. The minimum Gasteiger partial charge on any atom is -0.318 e. The molecule has 0 aromatic heterocycles. The number of hydrogen-bond acceptors (Lipinski definition) is 4. The van der Waals surface area contributed by atoms with E-state index < -0.39 is 22.3 Å². The van der Waals surface area contributed by atoms with Crippen molar-refractivity contribution < 1.29 is 17.8 Å². The van der Waals surface area contributed by atoms with Gasteiger partial charge in [-0.15, -0.1) is 4.83 Å². The molecule has 1 fully saturated rings. The lowest BCUT2D eigenvalue weighted by Gasteiger charge is -2.34. The summed E-state index contributed by atoms with van der Waals surface area (Å²) >= 11 is 0. The molecule has 0 aromatic rings. The zero-order valence-electron chi connectivity index (χ0n) is 5.39. The Balaban J connectivity index is 2.50. The fraction of sp³-hybridized carbons (Fsp3) is 0.667. The summed E-state index contributed by atoms with van der Waals surface area (Å²) in [6.45, 7) is 0.0820. The fourth-order valence-corrected chi connectivity index (χ4v) is 1.12. The molecule has 0 aliphatic carbocycles. The topological polar surface area (TPSA) is 113 Å². The van der Waals surface area contributed by atoms with E-state index in [1.165, 1.54) is 0 Å². The Morgan fingerprint density at radius 3 is 2.55 bits per heavy atom. The van der Waals surface area contributed by atoms with Crippen LogP contribution in [0.3, 0.4) is 0 Å².